The normalized spacial score (nSPS) is 26.0. The zero-order valence-corrected chi connectivity index (χ0v) is 19.5. The highest BCUT2D eigenvalue weighted by Gasteiger charge is 2.30. The largest absolute Gasteiger partial charge is 0.354 e. The Morgan fingerprint density at radius 1 is 1.22 bits per heavy atom. The van der Waals surface area contributed by atoms with Crippen LogP contribution in [0.2, 0.25) is 0 Å². The van der Waals surface area contributed by atoms with Crippen molar-refractivity contribution < 1.29 is 8.42 Å². The van der Waals surface area contributed by atoms with Crippen LogP contribution in [0.4, 0.5) is 0 Å². The van der Waals surface area contributed by atoms with Crippen molar-refractivity contribution in [3.63, 3.8) is 0 Å². The number of guanidine groups is 1. The summed E-state index contributed by atoms with van der Waals surface area (Å²) in [6, 6.07) is 4.88. The summed E-state index contributed by atoms with van der Waals surface area (Å²) in [5, 5.41) is 5.71. The quantitative estimate of drug-likeness (QED) is 0.363. The number of sulfone groups is 1. The van der Waals surface area contributed by atoms with Crippen molar-refractivity contribution >= 4 is 51.1 Å². The van der Waals surface area contributed by atoms with Crippen LogP contribution in [0.1, 0.15) is 24.1 Å². The maximum Gasteiger partial charge on any atom is 0.194 e. The minimum absolute atomic E-state index is 0. The van der Waals surface area contributed by atoms with Crippen LogP contribution in [0.3, 0.4) is 0 Å². The molecule has 27 heavy (non-hydrogen) atoms. The van der Waals surface area contributed by atoms with E-state index in [-0.39, 0.29) is 29.9 Å². The van der Waals surface area contributed by atoms with Gasteiger partial charge in [0.25, 0.3) is 0 Å². The van der Waals surface area contributed by atoms with Crippen LogP contribution < -0.4 is 5.32 Å². The van der Waals surface area contributed by atoms with E-state index in [1.165, 1.54) is 17.7 Å². The molecule has 1 unspecified atom stereocenters. The van der Waals surface area contributed by atoms with E-state index in [1.807, 2.05) is 11.3 Å². The van der Waals surface area contributed by atoms with E-state index >= 15 is 0 Å². The Balaban J connectivity index is 0.00000210. The summed E-state index contributed by atoms with van der Waals surface area (Å²) in [6.45, 7) is 5.71. The number of piperazine rings is 1. The van der Waals surface area contributed by atoms with Crippen molar-refractivity contribution in [2.24, 2.45) is 10.9 Å². The lowest BCUT2D eigenvalue weighted by molar-refractivity contribution is 0.173. The van der Waals surface area contributed by atoms with Gasteiger partial charge >= 0.3 is 0 Å². The molecule has 0 amide bonds. The maximum atomic E-state index is 11.7. The molecule has 1 aromatic heterocycles. The first-order valence-corrected chi connectivity index (χ1v) is 12.3. The van der Waals surface area contributed by atoms with Crippen molar-refractivity contribution in [1.29, 1.82) is 0 Å². The molecule has 9 heteroatoms. The summed E-state index contributed by atoms with van der Waals surface area (Å²) in [4.78, 5) is 11.1. The molecule has 2 aliphatic heterocycles. The summed E-state index contributed by atoms with van der Waals surface area (Å²) in [6.07, 6.45) is 3.20. The summed E-state index contributed by atoms with van der Waals surface area (Å²) in [5.41, 5.74) is 0. The van der Waals surface area contributed by atoms with Crippen LogP contribution in [0.15, 0.2) is 22.5 Å². The third-order valence-electron chi connectivity index (χ3n) is 5.37. The van der Waals surface area contributed by atoms with Gasteiger partial charge in [-0.05, 0) is 36.6 Å². The van der Waals surface area contributed by atoms with Gasteiger partial charge in [-0.2, -0.15) is 0 Å². The molecule has 2 saturated heterocycles. The van der Waals surface area contributed by atoms with Crippen LogP contribution in [-0.4, -0.2) is 74.4 Å². The molecule has 1 aliphatic carbocycles. The van der Waals surface area contributed by atoms with Crippen molar-refractivity contribution in [3.8, 4) is 0 Å². The average Bonchev–Trinajstić information content (AvgIpc) is 3.16. The van der Waals surface area contributed by atoms with Crippen molar-refractivity contribution in [3.05, 3.63) is 22.4 Å². The number of rotatable bonds is 5. The number of nitrogens with one attached hydrogen (secondary N) is 1. The first kappa shape index (κ1) is 21.3. The van der Waals surface area contributed by atoms with E-state index in [0.717, 1.165) is 45.1 Å². The number of halogens is 1. The van der Waals surface area contributed by atoms with E-state index in [9.17, 15) is 8.42 Å². The Labute approximate surface area is 183 Å². The van der Waals surface area contributed by atoms with Crippen LogP contribution >= 0.6 is 35.3 Å². The van der Waals surface area contributed by atoms with E-state index in [0.29, 0.717) is 24.1 Å². The molecule has 1 aromatic rings. The SMILES string of the molecule is I.O=S1(=O)CCC(CN=C(NC2CC2)N2CCN(Cc3cccs3)CC2)C1. The van der Waals surface area contributed by atoms with Crippen LogP contribution in [0.25, 0.3) is 0 Å². The number of aliphatic imine (C=N–C) groups is 1. The summed E-state index contributed by atoms with van der Waals surface area (Å²) in [5.74, 6) is 1.82. The average molecular weight is 524 g/mol. The molecule has 0 spiro atoms. The Kier molecular flexibility index (Phi) is 7.43. The fourth-order valence-electron chi connectivity index (χ4n) is 3.62. The second-order valence-electron chi connectivity index (χ2n) is 7.69. The predicted octanol–water partition coefficient (Wildman–Crippen LogP) is 2.03. The van der Waals surface area contributed by atoms with Gasteiger partial charge in [-0.3, -0.25) is 9.89 Å². The molecule has 1 N–H and O–H groups in total. The third kappa shape index (κ3) is 6.30. The Hall–Kier alpha value is -0.390. The molecule has 0 radical (unpaired) electrons. The molecule has 1 saturated carbocycles. The minimum atomic E-state index is -2.82. The number of thiophene rings is 1. The number of hydrogen-bond donors (Lipinski definition) is 1. The topological polar surface area (TPSA) is 65.0 Å². The lowest BCUT2D eigenvalue weighted by Crippen LogP contribution is -2.52. The lowest BCUT2D eigenvalue weighted by Gasteiger charge is -2.36. The molecule has 0 bridgehead atoms. The summed E-state index contributed by atoms with van der Waals surface area (Å²) >= 11 is 1.82. The smallest absolute Gasteiger partial charge is 0.194 e. The highest BCUT2D eigenvalue weighted by Crippen LogP contribution is 2.21. The highest BCUT2D eigenvalue weighted by molar-refractivity contribution is 14.0. The van der Waals surface area contributed by atoms with Crippen molar-refractivity contribution in [2.75, 3.05) is 44.2 Å². The van der Waals surface area contributed by atoms with Gasteiger partial charge in [-0.25, -0.2) is 8.42 Å². The molecule has 152 valence electrons. The van der Waals surface area contributed by atoms with Crippen molar-refractivity contribution in [1.82, 2.24) is 15.1 Å². The van der Waals surface area contributed by atoms with Gasteiger partial charge in [-0.1, -0.05) is 6.07 Å². The number of hydrogen-bond acceptors (Lipinski definition) is 5. The van der Waals surface area contributed by atoms with Gasteiger partial charge in [0.2, 0.25) is 0 Å². The molecule has 6 nitrogen and oxygen atoms in total. The fraction of sp³-hybridized carbons (Fsp3) is 0.722. The number of nitrogens with zero attached hydrogens (tertiary/aromatic N) is 3. The first-order chi connectivity index (χ1) is 12.6. The van der Waals surface area contributed by atoms with Gasteiger partial charge in [0.1, 0.15) is 0 Å². The van der Waals surface area contributed by atoms with Crippen LogP contribution in [0, 0.1) is 5.92 Å². The van der Waals surface area contributed by atoms with E-state index in [2.05, 4.69) is 32.6 Å². The van der Waals surface area contributed by atoms with Crippen molar-refractivity contribution in [2.45, 2.75) is 31.8 Å². The van der Waals surface area contributed by atoms with E-state index in [4.69, 9.17) is 4.99 Å². The second-order valence-corrected chi connectivity index (χ2v) is 11.0. The molecule has 1 atom stereocenters. The summed E-state index contributed by atoms with van der Waals surface area (Å²) < 4.78 is 23.3. The van der Waals surface area contributed by atoms with Crippen LogP contribution in [0.5, 0.6) is 0 Å². The Bertz CT molecular complexity index is 727. The van der Waals surface area contributed by atoms with Gasteiger partial charge in [0, 0.05) is 50.2 Å². The minimum Gasteiger partial charge on any atom is -0.354 e. The molecule has 3 heterocycles. The molecule has 0 aromatic carbocycles. The van der Waals surface area contributed by atoms with Gasteiger partial charge < -0.3 is 10.2 Å². The molecular weight excluding hydrogens is 495 g/mol. The maximum absolute atomic E-state index is 11.7. The third-order valence-corrected chi connectivity index (χ3v) is 8.07. The van der Waals surface area contributed by atoms with Gasteiger partial charge in [-0.15, -0.1) is 35.3 Å². The van der Waals surface area contributed by atoms with E-state index in [1.54, 1.807) is 0 Å². The Morgan fingerprint density at radius 2 is 2.00 bits per heavy atom. The van der Waals surface area contributed by atoms with Gasteiger partial charge in [0.05, 0.1) is 11.5 Å². The molecule has 3 fully saturated rings. The van der Waals surface area contributed by atoms with E-state index < -0.39 is 9.84 Å². The fourth-order valence-corrected chi connectivity index (χ4v) is 6.22. The Morgan fingerprint density at radius 3 is 2.59 bits per heavy atom. The molecular formula is C18H29IN4O2S2. The van der Waals surface area contributed by atoms with Crippen LogP contribution in [-0.2, 0) is 16.4 Å². The summed E-state index contributed by atoms with van der Waals surface area (Å²) in [7, 11) is -2.82. The first-order valence-electron chi connectivity index (χ1n) is 9.58. The highest BCUT2D eigenvalue weighted by atomic mass is 127. The molecule has 4 rings (SSSR count). The van der Waals surface area contributed by atoms with Gasteiger partial charge in [0.15, 0.2) is 15.8 Å². The zero-order chi connectivity index (χ0) is 18.0. The predicted molar refractivity (Wildman–Crippen MR) is 122 cm³/mol. The monoisotopic (exact) mass is 524 g/mol. The molecule has 3 aliphatic rings. The standard InChI is InChI=1S/C18H28N4O2S2.HI/c23-26(24)11-5-15(14-26)12-19-18(20-16-3-4-16)22-8-6-21(7-9-22)13-17-2-1-10-25-17;/h1-2,10,15-16H,3-9,11-14H2,(H,19,20);1H. The second kappa shape index (κ2) is 9.41. The lowest BCUT2D eigenvalue weighted by atomic mass is 10.1. The zero-order valence-electron chi connectivity index (χ0n) is 15.5.